The maximum Gasteiger partial charge on any atom is 0.416 e. The number of rotatable bonds is 2. The number of amides is 1. The molecule has 1 amide bonds. The molecule has 0 aliphatic carbocycles. The number of halogens is 4. The van der Waals surface area contributed by atoms with Crippen molar-refractivity contribution in [2.24, 2.45) is 0 Å². The highest BCUT2D eigenvalue weighted by Crippen LogP contribution is 2.37. The summed E-state index contributed by atoms with van der Waals surface area (Å²) in [7, 11) is 0. The molecule has 5 nitrogen and oxygen atoms in total. The van der Waals surface area contributed by atoms with Crippen LogP contribution in [-0.2, 0) is 19.3 Å². The number of nitrogens with zero attached hydrogens (tertiary/aromatic N) is 1. The summed E-state index contributed by atoms with van der Waals surface area (Å²) in [5, 5.41) is 10.7. The van der Waals surface area contributed by atoms with Gasteiger partial charge in [-0.2, -0.15) is 13.2 Å². The van der Waals surface area contributed by atoms with Crippen LogP contribution in [0.3, 0.4) is 0 Å². The number of hydrogen-bond donors (Lipinski definition) is 3. The standard InChI is InChI=1S/C16H13F4N3O2/c17-13-12(4-3-11(14(13)21)22-15(24)25)23-6-8-1-2-10(16(18,19)20)5-9(8)7-23/h1-5,22H,6-7,21H2,(H,24,25). The second-order valence-electron chi connectivity index (χ2n) is 5.63. The molecule has 0 fully saturated rings. The number of anilines is 3. The molecule has 0 bridgehead atoms. The van der Waals surface area contributed by atoms with Gasteiger partial charge in [-0.05, 0) is 35.4 Å². The molecule has 0 atom stereocenters. The number of benzene rings is 2. The summed E-state index contributed by atoms with van der Waals surface area (Å²) in [6.45, 7) is 0.330. The summed E-state index contributed by atoms with van der Waals surface area (Å²) in [6, 6.07) is 6.07. The van der Waals surface area contributed by atoms with Gasteiger partial charge < -0.3 is 15.7 Å². The van der Waals surface area contributed by atoms with Gasteiger partial charge in [-0.25, -0.2) is 9.18 Å². The molecule has 132 valence electrons. The zero-order chi connectivity index (χ0) is 18.4. The Labute approximate surface area is 139 Å². The first-order valence-corrected chi connectivity index (χ1v) is 7.18. The van der Waals surface area contributed by atoms with Crippen molar-refractivity contribution < 1.29 is 27.5 Å². The Balaban J connectivity index is 1.89. The van der Waals surface area contributed by atoms with E-state index in [9.17, 15) is 22.4 Å². The summed E-state index contributed by atoms with van der Waals surface area (Å²) in [5.41, 5.74) is 5.61. The van der Waals surface area contributed by atoms with E-state index in [1.54, 1.807) is 4.90 Å². The van der Waals surface area contributed by atoms with Crippen molar-refractivity contribution in [3.63, 3.8) is 0 Å². The van der Waals surface area contributed by atoms with Crippen LogP contribution in [0.15, 0.2) is 30.3 Å². The van der Waals surface area contributed by atoms with Crippen LogP contribution in [-0.4, -0.2) is 11.2 Å². The Hall–Kier alpha value is -2.97. The molecule has 0 radical (unpaired) electrons. The zero-order valence-electron chi connectivity index (χ0n) is 12.7. The Morgan fingerprint density at radius 1 is 1.16 bits per heavy atom. The quantitative estimate of drug-likeness (QED) is 0.561. The molecule has 0 unspecified atom stereocenters. The Morgan fingerprint density at radius 2 is 1.84 bits per heavy atom. The first kappa shape index (κ1) is 16.9. The molecule has 0 aromatic heterocycles. The van der Waals surface area contributed by atoms with Gasteiger partial charge in [-0.3, -0.25) is 5.32 Å². The molecule has 1 aliphatic rings. The first-order valence-electron chi connectivity index (χ1n) is 7.18. The van der Waals surface area contributed by atoms with E-state index in [-0.39, 0.29) is 30.2 Å². The minimum Gasteiger partial charge on any atom is -0.465 e. The first-order chi connectivity index (χ1) is 11.7. The van der Waals surface area contributed by atoms with Gasteiger partial charge in [0.15, 0.2) is 5.82 Å². The zero-order valence-corrected chi connectivity index (χ0v) is 12.7. The third-order valence-corrected chi connectivity index (χ3v) is 4.00. The van der Waals surface area contributed by atoms with Crippen LogP contribution < -0.4 is 16.0 Å². The van der Waals surface area contributed by atoms with E-state index >= 15 is 0 Å². The number of nitrogen functional groups attached to an aromatic ring is 1. The lowest BCUT2D eigenvalue weighted by Gasteiger charge is -2.20. The van der Waals surface area contributed by atoms with Crippen molar-refractivity contribution in [1.82, 2.24) is 0 Å². The van der Waals surface area contributed by atoms with Gasteiger partial charge in [0.2, 0.25) is 0 Å². The van der Waals surface area contributed by atoms with Gasteiger partial charge >= 0.3 is 12.3 Å². The molecule has 4 N–H and O–H groups in total. The topological polar surface area (TPSA) is 78.6 Å². The van der Waals surface area contributed by atoms with Crippen molar-refractivity contribution in [3.8, 4) is 0 Å². The Bertz CT molecular complexity index is 852. The highest BCUT2D eigenvalue weighted by Gasteiger charge is 2.32. The molecule has 25 heavy (non-hydrogen) atoms. The van der Waals surface area contributed by atoms with Crippen molar-refractivity contribution in [2.75, 3.05) is 16.0 Å². The second-order valence-corrected chi connectivity index (χ2v) is 5.63. The van der Waals surface area contributed by atoms with E-state index < -0.39 is 23.7 Å². The second kappa shape index (κ2) is 5.83. The number of hydrogen-bond acceptors (Lipinski definition) is 3. The van der Waals surface area contributed by atoms with Gasteiger partial charge in [0, 0.05) is 13.1 Å². The molecule has 1 heterocycles. The van der Waals surface area contributed by atoms with Gasteiger partial charge in [-0.15, -0.1) is 0 Å². The fourth-order valence-corrected chi connectivity index (χ4v) is 2.79. The fraction of sp³-hybridized carbons (Fsp3) is 0.188. The molecule has 3 rings (SSSR count). The number of carbonyl (C=O) groups is 1. The van der Waals surface area contributed by atoms with Crippen LogP contribution in [0.4, 0.5) is 39.4 Å². The smallest absolute Gasteiger partial charge is 0.416 e. The third kappa shape index (κ3) is 3.17. The molecular formula is C16H13F4N3O2. The Kier molecular flexibility index (Phi) is 3.94. The van der Waals surface area contributed by atoms with Crippen molar-refractivity contribution >= 4 is 23.2 Å². The summed E-state index contributed by atoms with van der Waals surface area (Å²) in [4.78, 5) is 12.2. The minimum absolute atomic E-state index is 0.0928. The predicted octanol–water partition coefficient (Wildman–Crippen LogP) is 4.04. The van der Waals surface area contributed by atoms with Crippen molar-refractivity contribution in [1.29, 1.82) is 0 Å². The summed E-state index contributed by atoms with van der Waals surface area (Å²) >= 11 is 0. The molecular weight excluding hydrogens is 342 g/mol. The molecule has 0 saturated heterocycles. The van der Waals surface area contributed by atoms with Gasteiger partial charge in [0.25, 0.3) is 0 Å². The van der Waals surface area contributed by atoms with Crippen LogP contribution in [0.5, 0.6) is 0 Å². The van der Waals surface area contributed by atoms with Crippen molar-refractivity contribution in [3.05, 3.63) is 52.8 Å². The highest BCUT2D eigenvalue weighted by molar-refractivity contribution is 5.89. The number of alkyl halides is 3. The molecule has 1 aliphatic heterocycles. The van der Waals surface area contributed by atoms with E-state index in [4.69, 9.17) is 10.8 Å². The van der Waals surface area contributed by atoms with E-state index in [2.05, 4.69) is 0 Å². The third-order valence-electron chi connectivity index (χ3n) is 4.00. The van der Waals surface area contributed by atoms with Crippen LogP contribution in [0, 0.1) is 5.82 Å². The molecule has 2 aromatic rings. The molecule has 9 heteroatoms. The predicted molar refractivity (Wildman–Crippen MR) is 83.8 cm³/mol. The van der Waals surface area contributed by atoms with E-state index in [0.717, 1.165) is 12.1 Å². The highest BCUT2D eigenvalue weighted by atomic mass is 19.4. The molecule has 0 saturated carbocycles. The van der Waals surface area contributed by atoms with Gasteiger partial charge in [-0.1, -0.05) is 6.07 Å². The largest absolute Gasteiger partial charge is 0.465 e. The maximum atomic E-state index is 14.5. The minimum atomic E-state index is -4.44. The summed E-state index contributed by atoms with van der Waals surface area (Å²) in [5.74, 6) is -0.824. The SMILES string of the molecule is Nc1c(NC(=O)O)ccc(N2Cc3ccc(C(F)(F)F)cc3C2)c1F. The summed E-state index contributed by atoms with van der Waals surface area (Å²) in [6.07, 6.45) is -5.82. The number of nitrogens with two attached hydrogens (primary N) is 1. The number of fused-ring (bicyclic) bond motifs is 1. The molecule has 0 spiro atoms. The van der Waals surface area contributed by atoms with Crippen LogP contribution in [0.1, 0.15) is 16.7 Å². The maximum absolute atomic E-state index is 14.5. The lowest BCUT2D eigenvalue weighted by Crippen LogP contribution is -2.18. The number of carboxylic acid groups (broad SMARTS) is 1. The van der Waals surface area contributed by atoms with E-state index in [0.29, 0.717) is 11.1 Å². The van der Waals surface area contributed by atoms with Crippen molar-refractivity contribution in [2.45, 2.75) is 19.3 Å². The van der Waals surface area contributed by atoms with Crippen LogP contribution in [0.25, 0.3) is 0 Å². The average Bonchev–Trinajstić information content (AvgIpc) is 2.93. The van der Waals surface area contributed by atoms with Crippen LogP contribution >= 0.6 is 0 Å². The molecule has 2 aromatic carbocycles. The van der Waals surface area contributed by atoms with E-state index in [1.807, 2.05) is 5.32 Å². The van der Waals surface area contributed by atoms with Crippen LogP contribution in [0.2, 0.25) is 0 Å². The number of nitrogens with one attached hydrogen (secondary N) is 1. The van der Waals surface area contributed by atoms with E-state index in [1.165, 1.54) is 18.2 Å². The summed E-state index contributed by atoms with van der Waals surface area (Å²) < 4.78 is 52.9. The normalized spacial score (nSPS) is 13.7. The fourth-order valence-electron chi connectivity index (χ4n) is 2.79. The Morgan fingerprint density at radius 3 is 2.48 bits per heavy atom. The van der Waals surface area contributed by atoms with Gasteiger partial charge in [0.1, 0.15) is 0 Å². The lowest BCUT2D eigenvalue weighted by atomic mass is 10.1. The lowest BCUT2D eigenvalue weighted by molar-refractivity contribution is -0.137. The monoisotopic (exact) mass is 355 g/mol. The van der Waals surface area contributed by atoms with Gasteiger partial charge in [0.05, 0.1) is 22.6 Å². The average molecular weight is 355 g/mol.